The normalized spacial score (nSPS) is 17.8. The van der Waals surface area contributed by atoms with Gasteiger partial charge in [-0.05, 0) is 37.1 Å². The number of carboxylic acids is 1. The number of nitrogens with zero attached hydrogens (tertiary/aromatic N) is 2. The predicted octanol–water partition coefficient (Wildman–Crippen LogP) is 2.99. The largest absolute Gasteiger partial charge is 0.481 e. The van der Waals surface area contributed by atoms with Gasteiger partial charge in [0.1, 0.15) is 11.6 Å². The number of aromatic nitrogens is 2. The number of hydrogen-bond acceptors (Lipinski definition) is 2. The standard InChI is InChI=1S/C14H12ClFN2O2/c15-12-11-6-3-9(14(19)20)7-18(11)13(17-12)8-1-4-10(16)5-2-8/h1-2,4-5,9H,3,6-7H2,(H,19,20). The molecule has 1 aromatic carbocycles. The molecule has 104 valence electrons. The summed E-state index contributed by atoms with van der Waals surface area (Å²) in [6, 6.07) is 5.93. The van der Waals surface area contributed by atoms with Crippen LogP contribution in [-0.4, -0.2) is 20.6 Å². The van der Waals surface area contributed by atoms with Crippen molar-refractivity contribution in [3.8, 4) is 11.4 Å². The Balaban J connectivity index is 2.05. The summed E-state index contributed by atoms with van der Waals surface area (Å²) in [5.74, 6) is -0.984. The van der Waals surface area contributed by atoms with Crippen LogP contribution in [0, 0.1) is 11.7 Å². The summed E-state index contributed by atoms with van der Waals surface area (Å²) in [6.45, 7) is 0.344. The van der Waals surface area contributed by atoms with Gasteiger partial charge in [0.25, 0.3) is 0 Å². The van der Waals surface area contributed by atoms with Crippen molar-refractivity contribution in [2.75, 3.05) is 0 Å². The van der Waals surface area contributed by atoms with Crippen molar-refractivity contribution in [3.05, 3.63) is 40.9 Å². The van der Waals surface area contributed by atoms with Gasteiger partial charge in [0.2, 0.25) is 0 Å². The minimum absolute atomic E-state index is 0.325. The van der Waals surface area contributed by atoms with Crippen LogP contribution in [0.4, 0.5) is 4.39 Å². The Morgan fingerprint density at radius 2 is 2.10 bits per heavy atom. The maximum absolute atomic E-state index is 13.0. The van der Waals surface area contributed by atoms with Gasteiger partial charge in [0.05, 0.1) is 11.6 Å². The first-order valence-electron chi connectivity index (χ1n) is 6.30. The van der Waals surface area contributed by atoms with E-state index in [9.17, 15) is 9.18 Å². The Hall–Kier alpha value is -1.88. The quantitative estimate of drug-likeness (QED) is 0.926. The molecule has 2 heterocycles. The van der Waals surface area contributed by atoms with Crippen LogP contribution in [0.5, 0.6) is 0 Å². The van der Waals surface area contributed by atoms with Crippen molar-refractivity contribution in [1.29, 1.82) is 0 Å². The molecule has 0 saturated heterocycles. The molecule has 6 heteroatoms. The van der Waals surface area contributed by atoms with Crippen molar-refractivity contribution in [1.82, 2.24) is 9.55 Å². The first kappa shape index (κ1) is 13.1. The van der Waals surface area contributed by atoms with Crippen LogP contribution >= 0.6 is 11.6 Å². The molecule has 2 aromatic rings. The fourth-order valence-electron chi connectivity index (χ4n) is 2.54. The monoisotopic (exact) mass is 294 g/mol. The van der Waals surface area contributed by atoms with E-state index in [2.05, 4.69) is 4.98 Å². The van der Waals surface area contributed by atoms with E-state index in [1.807, 2.05) is 4.57 Å². The van der Waals surface area contributed by atoms with Crippen LogP contribution in [0.15, 0.2) is 24.3 Å². The van der Waals surface area contributed by atoms with Gasteiger partial charge >= 0.3 is 5.97 Å². The van der Waals surface area contributed by atoms with Gasteiger partial charge in [-0.25, -0.2) is 9.37 Å². The highest BCUT2D eigenvalue weighted by atomic mass is 35.5. The van der Waals surface area contributed by atoms with Crippen LogP contribution in [0.25, 0.3) is 11.4 Å². The van der Waals surface area contributed by atoms with E-state index in [1.54, 1.807) is 12.1 Å². The molecular formula is C14H12ClFN2O2. The van der Waals surface area contributed by atoms with Gasteiger partial charge in [-0.1, -0.05) is 11.6 Å². The summed E-state index contributed by atoms with van der Waals surface area (Å²) in [7, 11) is 0. The Morgan fingerprint density at radius 1 is 1.40 bits per heavy atom. The second-order valence-corrected chi connectivity index (χ2v) is 5.22. The molecule has 3 rings (SSSR count). The molecule has 0 fully saturated rings. The number of hydrogen-bond donors (Lipinski definition) is 1. The first-order valence-corrected chi connectivity index (χ1v) is 6.67. The zero-order chi connectivity index (χ0) is 14.3. The molecule has 1 N–H and O–H groups in total. The number of benzene rings is 1. The predicted molar refractivity (Wildman–Crippen MR) is 72.1 cm³/mol. The van der Waals surface area contributed by atoms with Crippen LogP contribution < -0.4 is 0 Å². The first-order chi connectivity index (χ1) is 9.56. The highest BCUT2D eigenvalue weighted by Crippen LogP contribution is 2.32. The lowest BCUT2D eigenvalue weighted by molar-refractivity contribution is -0.142. The van der Waals surface area contributed by atoms with Crippen molar-refractivity contribution in [3.63, 3.8) is 0 Å². The third-order valence-corrected chi connectivity index (χ3v) is 3.91. The number of halogens is 2. The molecular weight excluding hydrogens is 283 g/mol. The van der Waals surface area contributed by atoms with Crippen LogP contribution in [0.2, 0.25) is 5.15 Å². The summed E-state index contributed by atoms with van der Waals surface area (Å²) < 4.78 is 14.8. The summed E-state index contributed by atoms with van der Waals surface area (Å²) in [4.78, 5) is 15.4. The zero-order valence-corrected chi connectivity index (χ0v) is 11.3. The molecule has 0 aliphatic carbocycles. The van der Waals surface area contributed by atoms with Gasteiger partial charge < -0.3 is 9.67 Å². The summed E-state index contributed by atoms with van der Waals surface area (Å²) in [5, 5.41) is 9.55. The van der Waals surface area contributed by atoms with Gasteiger partial charge in [-0.3, -0.25) is 4.79 Å². The molecule has 1 aromatic heterocycles. The molecule has 20 heavy (non-hydrogen) atoms. The molecule has 0 spiro atoms. The van der Waals surface area contributed by atoms with E-state index >= 15 is 0 Å². The second-order valence-electron chi connectivity index (χ2n) is 4.86. The van der Waals surface area contributed by atoms with E-state index in [1.165, 1.54) is 12.1 Å². The summed E-state index contributed by atoms with van der Waals surface area (Å²) in [5.41, 5.74) is 1.58. The van der Waals surface area contributed by atoms with Crippen LogP contribution in [0.3, 0.4) is 0 Å². The van der Waals surface area contributed by atoms with Crippen molar-refractivity contribution in [2.24, 2.45) is 5.92 Å². The average Bonchev–Trinajstić information content (AvgIpc) is 2.76. The molecule has 1 atom stereocenters. The number of imidazole rings is 1. The number of fused-ring (bicyclic) bond motifs is 1. The lowest BCUT2D eigenvalue weighted by atomic mass is 9.98. The Morgan fingerprint density at radius 3 is 2.75 bits per heavy atom. The van der Waals surface area contributed by atoms with Gasteiger partial charge in [0.15, 0.2) is 5.15 Å². The van der Waals surface area contributed by atoms with Crippen molar-refractivity contribution in [2.45, 2.75) is 19.4 Å². The smallest absolute Gasteiger partial charge is 0.308 e. The third-order valence-electron chi connectivity index (χ3n) is 3.61. The van der Waals surface area contributed by atoms with Gasteiger partial charge in [-0.15, -0.1) is 0 Å². The molecule has 1 aliphatic rings. The van der Waals surface area contributed by atoms with Gasteiger partial charge in [-0.2, -0.15) is 0 Å². The molecule has 0 saturated carbocycles. The Kier molecular flexibility index (Phi) is 3.22. The van der Waals surface area contributed by atoms with Crippen molar-refractivity contribution < 1.29 is 14.3 Å². The lowest BCUT2D eigenvalue weighted by Gasteiger charge is -2.22. The Bertz CT molecular complexity index is 667. The maximum atomic E-state index is 13.0. The molecule has 1 unspecified atom stereocenters. The van der Waals surface area contributed by atoms with E-state index in [0.717, 1.165) is 11.3 Å². The molecule has 0 bridgehead atoms. The molecule has 4 nitrogen and oxygen atoms in total. The van der Waals surface area contributed by atoms with Crippen LogP contribution in [-0.2, 0) is 17.8 Å². The number of carboxylic acid groups (broad SMARTS) is 1. The SMILES string of the molecule is O=C(O)C1CCc2c(Cl)nc(-c3ccc(F)cc3)n2C1. The fraction of sp³-hybridized carbons (Fsp3) is 0.286. The summed E-state index contributed by atoms with van der Waals surface area (Å²) >= 11 is 6.12. The van der Waals surface area contributed by atoms with E-state index in [0.29, 0.717) is 30.4 Å². The summed E-state index contributed by atoms with van der Waals surface area (Å²) in [6.07, 6.45) is 1.15. The topological polar surface area (TPSA) is 55.1 Å². The van der Waals surface area contributed by atoms with E-state index in [4.69, 9.17) is 16.7 Å². The molecule has 1 aliphatic heterocycles. The number of rotatable bonds is 2. The minimum atomic E-state index is -0.814. The second kappa shape index (κ2) is 4.90. The van der Waals surface area contributed by atoms with E-state index < -0.39 is 11.9 Å². The highest BCUT2D eigenvalue weighted by molar-refractivity contribution is 6.30. The average molecular weight is 295 g/mol. The third kappa shape index (κ3) is 2.18. The van der Waals surface area contributed by atoms with Crippen LogP contribution in [0.1, 0.15) is 12.1 Å². The zero-order valence-electron chi connectivity index (χ0n) is 10.5. The van der Waals surface area contributed by atoms with Gasteiger partial charge in [0, 0.05) is 12.1 Å². The van der Waals surface area contributed by atoms with Crippen molar-refractivity contribution >= 4 is 17.6 Å². The molecule has 0 amide bonds. The lowest BCUT2D eigenvalue weighted by Crippen LogP contribution is -2.26. The number of carbonyl (C=O) groups is 1. The minimum Gasteiger partial charge on any atom is -0.481 e. The maximum Gasteiger partial charge on any atom is 0.308 e. The Labute approximate surface area is 119 Å². The fourth-order valence-corrected chi connectivity index (χ4v) is 2.81. The highest BCUT2D eigenvalue weighted by Gasteiger charge is 2.28. The number of aliphatic carboxylic acids is 1. The molecule has 0 radical (unpaired) electrons. The van der Waals surface area contributed by atoms with E-state index in [-0.39, 0.29) is 5.82 Å².